The van der Waals surface area contributed by atoms with Gasteiger partial charge in [0.25, 0.3) is 0 Å². The molecule has 2 heterocycles. The Morgan fingerprint density at radius 2 is 2.43 bits per heavy atom. The van der Waals surface area contributed by atoms with Gasteiger partial charge in [0.05, 0.1) is 0 Å². The zero-order valence-corrected chi connectivity index (χ0v) is 8.75. The van der Waals surface area contributed by atoms with Crippen molar-refractivity contribution >= 4 is 18.4 Å². The lowest BCUT2D eigenvalue weighted by molar-refractivity contribution is 0.581. The molecule has 2 nitrogen and oxygen atoms in total. The Bertz CT molecular complexity index is 319. The first-order valence-electron chi connectivity index (χ1n) is 4.80. The topological polar surface area (TPSA) is 16.1 Å². The Morgan fingerprint density at radius 3 is 3.14 bits per heavy atom. The lowest BCUT2D eigenvalue weighted by Gasteiger charge is -2.31. The second-order valence-corrected chi connectivity index (χ2v) is 4.30. The highest BCUT2D eigenvalue weighted by molar-refractivity contribution is 7.81. The zero-order valence-electron chi connectivity index (χ0n) is 7.86. The van der Waals surface area contributed by atoms with Gasteiger partial charge in [-0.2, -0.15) is 12.6 Å². The van der Waals surface area contributed by atoms with Crippen LogP contribution in [0.1, 0.15) is 12.8 Å². The summed E-state index contributed by atoms with van der Waals surface area (Å²) in [7, 11) is 0. The molecule has 76 valence electrons. The van der Waals surface area contributed by atoms with Crippen molar-refractivity contribution in [3.63, 3.8) is 0 Å². The molecule has 1 unspecified atom stereocenters. The third-order valence-electron chi connectivity index (χ3n) is 2.43. The molecule has 0 aliphatic carbocycles. The van der Waals surface area contributed by atoms with E-state index in [0.717, 1.165) is 31.7 Å². The molecule has 1 aromatic rings. The molecule has 0 bridgehead atoms. The van der Waals surface area contributed by atoms with Crippen LogP contribution in [0, 0.1) is 5.82 Å². The largest absolute Gasteiger partial charge is 0.355 e. The highest BCUT2D eigenvalue weighted by Gasteiger charge is 2.18. The lowest BCUT2D eigenvalue weighted by Crippen LogP contribution is -2.36. The Morgan fingerprint density at radius 1 is 1.57 bits per heavy atom. The van der Waals surface area contributed by atoms with E-state index in [2.05, 4.69) is 22.5 Å². The van der Waals surface area contributed by atoms with Crippen molar-refractivity contribution in [2.24, 2.45) is 0 Å². The lowest BCUT2D eigenvalue weighted by atomic mass is 10.1. The number of aromatic nitrogens is 1. The van der Waals surface area contributed by atoms with Gasteiger partial charge in [-0.25, -0.2) is 9.37 Å². The number of hydrogen-bond donors (Lipinski definition) is 1. The van der Waals surface area contributed by atoms with Gasteiger partial charge in [0.2, 0.25) is 0 Å². The van der Waals surface area contributed by atoms with E-state index >= 15 is 0 Å². The monoisotopic (exact) mass is 212 g/mol. The van der Waals surface area contributed by atoms with Gasteiger partial charge in [-0.3, -0.25) is 0 Å². The number of anilines is 1. The maximum atomic E-state index is 12.9. The van der Waals surface area contributed by atoms with Gasteiger partial charge in [-0.15, -0.1) is 0 Å². The van der Waals surface area contributed by atoms with Gasteiger partial charge in [-0.05, 0) is 18.9 Å². The van der Waals surface area contributed by atoms with E-state index in [4.69, 9.17) is 0 Å². The summed E-state index contributed by atoms with van der Waals surface area (Å²) in [4.78, 5) is 6.24. The third kappa shape index (κ3) is 2.18. The Balaban J connectivity index is 2.14. The van der Waals surface area contributed by atoms with Crippen molar-refractivity contribution in [2.75, 3.05) is 18.0 Å². The summed E-state index contributed by atoms with van der Waals surface area (Å²) < 4.78 is 12.9. The molecule has 1 atom stereocenters. The van der Waals surface area contributed by atoms with Crippen LogP contribution in [0.15, 0.2) is 18.3 Å². The van der Waals surface area contributed by atoms with Crippen LogP contribution in [0.2, 0.25) is 0 Å². The van der Waals surface area contributed by atoms with Gasteiger partial charge in [0, 0.05) is 30.6 Å². The standard InChI is InChI=1S/C10H13FN2S/c11-8-3-4-12-10(6-8)13-5-1-2-9(14)7-13/h3-4,6,9,14H,1-2,5,7H2. The average Bonchev–Trinajstić information content (AvgIpc) is 2.18. The first kappa shape index (κ1) is 9.77. The molecule has 1 aliphatic rings. The quantitative estimate of drug-likeness (QED) is 0.718. The Kier molecular flexibility index (Phi) is 2.91. The van der Waals surface area contributed by atoms with Crippen LogP contribution in [0.4, 0.5) is 10.2 Å². The van der Waals surface area contributed by atoms with Crippen LogP contribution >= 0.6 is 12.6 Å². The fourth-order valence-electron chi connectivity index (χ4n) is 1.73. The first-order valence-corrected chi connectivity index (χ1v) is 5.32. The number of pyridine rings is 1. The summed E-state index contributed by atoms with van der Waals surface area (Å²) in [5.41, 5.74) is 0. The molecule has 1 aliphatic heterocycles. The SMILES string of the molecule is Fc1ccnc(N2CCCC(S)C2)c1. The number of rotatable bonds is 1. The van der Waals surface area contributed by atoms with E-state index in [9.17, 15) is 4.39 Å². The Labute approximate surface area is 88.6 Å². The minimum absolute atomic E-state index is 0.226. The molecule has 1 saturated heterocycles. The van der Waals surface area contributed by atoms with Gasteiger partial charge in [-0.1, -0.05) is 0 Å². The molecule has 0 N–H and O–H groups in total. The fraction of sp³-hybridized carbons (Fsp3) is 0.500. The molecule has 0 spiro atoms. The molecule has 2 rings (SSSR count). The predicted molar refractivity (Wildman–Crippen MR) is 58.4 cm³/mol. The van der Waals surface area contributed by atoms with Gasteiger partial charge < -0.3 is 4.90 Å². The summed E-state index contributed by atoms with van der Waals surface area (Å²) in [6.07, 6.45) is 3.74. The molecular formula is C10H13FN2S. The van der Waals surface area contributed by atoms with Crippen molar-refractivity contribution in [1.82, 2.24) is 4.98 Å². The smallest absolute Gasteiger partial charge is 0.131 e. The van der Waals surface area contributed by atoms with Crippen LogP contribution in [0.25, 0.3) is 0 Å². The fourth-order valence-corrected chi connectivity index (χ4v) is 2.11. The first-order chi connectivity index (χ1) is 6.75. The van der Waals surface area contributed by atoms with E-state index in [-0.39, 0.29) is 5.82 Å². The van der Waals surface area contributed by atoms with Gasteiger partial charge in [0.1, 0.15) is 11.6 Å². The summed E-state index contributed by atoms with van der Waals surface area (Å²) in [5, 5.41) is 0.383. The normalized spacial score (nSPS) is 22.4. The molecule has 0 radical (unpaired) electrons. The number of nitrogens with zero attached hydrogens (tertiary/aromatic N) is 2. The summed E-state index contributed by atoms with van der Waals surface area (Å²) in [6, 6.07) is 2.84. The zero-order chi connectivity index (χ0) is 9.97. The number of thiol groups is 1. The minimum Gasteiger partial charge on any atom is -0.355 e. The van der Waals surface area contributed by atoms with Crippen LogP contribution < -0.4 is 4.90 Å². The third-order valence-corrected chi connectivity index (χ3v) is 2.85. The second-order valence-electron chi connectivity index (χ2n) is 3.57. The van der Waals surface area contributed by atoms with Crippen LogP contribution in [0.3, 0.4) is 0 Å². The average molecular weight is 212 g/mol. The molecule has 0 saturated carbocycles. The highest BCUT2D eigenvalue weighted by Crippen LogP contribution is 2.20. The predicted octanol–water partition coefficient (Wildman–Crippen LogP) is 2.12. The van der Waals surface area contributed by atoms with Gasteiger partial charge >= 0.3 is 0 Å². The van der Waals surface area contributed by atoms with Crippen molar-refractivity contribution in [3.8, 4) is 0 Å². The van der Waals surface area contributed by atoms with E-state index in [1.54, 1.807) is 0 Å². The number of halogens is 1. The van der Waals surface area contributed by atoms with E-state index in [0.29, 0.717) is 5.25 Å². The molecular weight excluding hydrogens is 199 g/mol. The van der Waals surface area contributed by atoms with Crippen LogP contribution in [-0.2, 0) is 0 Å². The number of piperidine rings is 1. The van der Waals surface area contributed by atoms with Crippen LogP contribution in [0.5, 0.6) is 0 Å². The van der Waals surface area contributed by atoms with Crippen molar-refractivity contribution in [2.45, 2.75) is 18.1 Å². The minimum atomic E-state index is -0.226. The molecule has 0 amide bonds. The summed E-state index contributed by atoms with van der Waals surface area (Å²) >= 11 is 4.43. The molecule has 1 fully saturated rings. The van der Waals surface area contributed by atoms with E-state index in [1.807, 2.05) is 0 Å². The maximum Gasteiger partial charge on any atom is 0.131 e. The van der Waals surface area contributed by atoms with E-state index in [1.165, 1.54) is 18.3 Å². The second kappa shape index (κ2) is 4.17. The van der Waals surface area contributed by atoms with Crippen molar-refractivity contribution in [3.05, 3.63) is 24.1 Å². The maximum absolute atomic E-state index is 12.9. The Hall–Kier alpha value is -0.770. The number of hydrogen-bond acceptors (Lipinski definition) is 3. The van der Waals surface area contributed by atoms with Crippen molar-refractivity contribution in [1.29, 1.82) is 0 Å². The molecule has 14 heavy (non-hydrogen) atoms. The van der Waals surface area contributed by atoms with Crippen molar-refractivity contribution < 1.29 is 4.39 Å². The summed E-state index contributed by atoms with van der Waals surface area (Å²) in [5.74, 6) is 0.500. The molecule has 0 aromatic carbocycles. The van der Waals surface area contributed by atoms with Crippen LogP contribution in [-0.4, -0.2) is 23.3 Å². The summed E-state index contributed by atoms with van der Waals surface area (Å²) in [6.45, 7) is 1.81. The molecule has 4 heteroatoms. The van der Waals surface area contributed by atoms with E-state index < -0.39 is 0 Å². The highest BCUT2D eigenvalue weighted by atomic mass is 32.1. The van der Waals surface area contributed by atoms with Gasteiger partial charge in [0.15, 0.2) is 0 Å². The molecule has 1 aromatic heterocycles.